The standard InChI is InChI=1S/C23H23N3O3/c1-15-11-19(23(28)29)9-10-21(15)26-16(2)12-20(17(26)3)14-24-25-22(27)13-18-7-5-4-6-8-18/h4-12,14H,13H2,1-3H3,(H,25,27)(H,28,29). The summed E-state index contributed by atoms with van der Waals surface area (Å²) in [4.78, 5) is 23.2. The molecule has 0 aliphatic carbocycles. The van der Waals surface area contributed by atoms with Crippen molar-refractivity contribution in [2.24, 2.45) is 5.10 Å². The lowest BCUT2D eigenvalue weighted by Crippen LogP contribution is -2.19. The van der Waals surface area contributed by atoms with Crippen LogP contribution in [-0.2, 0) is 11.2 Å². The highest BCUT2D eigenvalue weighted by Crippen LogP contribution is 2.23. The molecule has 0 bridgehead atoms. The van der Waals surface area contributed by atoms with Crippen LogP contribution in [0.5, 0.6) is 0 Å². The molecule has 0 atom stereocenters. The van der Waals surface area contributed by atoms with Crippen molar-refractivity contribution >= 4 is 18.1 Å². The fourth-order valence-electron chi connectivity index (χ4n) is 3.32. The van der Waals surface area contributed by atoms with Gasteiger partial charge in [-0.05, 0) is 56.2 Å². The third-order valence-corrected chi connectivity index (χ3v) is 4.76. The molecule has 6 nitrogen and oxygen atoms in total. The number of nitrogens with zero attached hydrogens (tertiary/aromatic N) is 2. The van der Waals surface area contributed by atoms with E-state index in [1.54, 1.807) is 24.4 Å². The molecular weight excluding hydrogens is 366 g/mol. The predicted octanol–water partition coefficient (Wildman–Crippen LogP) is 3.79. The Morgan fingerprint density at radius 2 is 1.79 bits per heavy atom. The van der Waals surface area contributed by atoms with E-state index in [1.807, 2.05) is 61.7 Å². The fraction of sp³-hybridized carbons (Fsp3) is 0.174. The molecular formula is C23H23N3O3. The molecule has 0 spiro atoms. The second kappa shape index (κ2) is 8.56. The van der Waals surface area contributed by atoms with Crippen LogP contribution in [0.4, 0.5) is 0 Å². The molecule has 0 saturated heterocycles. The minimum Gasteiger partial charge on any atom is -0.478 e. The molecule has 0 saturated carbocycles. The van der Waals surface area contributed by atoms with E-state index in [2.05, 4.69) is 10.5 Å². The van der Waals surface area contributed by atoms with E-state index >= 15 is 0 Å². The number of aromatic nitrogens is 1. The Labute approximate surface area is 169 Å². The summed E-state index contributed by atoms with van der Waals surface area (Å²) in [6.45, 7) is 5.83. The monoisotopic (exact) mass is 389 g/mol. The molecule has 2 N–H and O–H groups in total. The van der Waals surface area contributed by atoms with Crippen molar-refractivity contribution < 1.29 is 14.7 Å². The molecule has 3 aromatic rings. The first-order valence-electron chi connectivity index (χ1n) is 9.26. The van der Waals surface area contributed by atoms with Crippen molar-refractivity contribution in [3.05, 3.63) is 88.2 Å². The molecule has 29 heavy (non-hydrogen) atoms. The lowest BCUT2D eigenvalue weighted by Gasteiger charge is -2.13. The number of aryl methyl sites for hydroxylation is 2. The first-order valence-corrected chi connectivity index (χ1v) is 9.26. The number of carboxylic acid groups (broad SMARTS) is 1. The molecule has 3 rings (SSSR count). The van der Waals surface area contributed by atoms with Gasteiger partial charge >= 0.3 is 5.97 Å². The second-order valence-electron chi connectivity index (χ2n) is 6.92. The number of hydrazone groups is 1. The zero-order valence-electron chi connectivity index (χ0n) is 16.6. The van der Waals surface area contributed by atoms with Crippen molar-refractivity contribution in [1.29, 1.82) is 0 Å². The minimum absolute atomic E-state index is 0.179. The largest absolute Gasteiger partial charge is 0.478 e. The summed E-state index contributed by atoms with van der Waals surface area (Å²) in [6, 6.07) is 16.5. The number of hydrogen-bond donors (Lipinski definition) is 2. The van der Waals surface area contributed by atoms with Crippen molar-refractivity contribution in [2.45, 2.75) is 27.2 Å². The number of carbonyl (C=O) groups is 2. The van der Waals surface area contributed by atoms with Gasteiger partial charge in [-0.25, -0.2) is 10.2 Å². The number of aromatic carboxylic acids is 1. The summed E-state index contributed by atoms with van der Waals surface area (Å²) in [6.07, 6.45) is 1.90. The molecule has 0 fully saturated rings. The van der Waals surface area contributed by atoms with Gasteiger partial charge in [0.25, 0.3) is 0 Å². The predicted molar refractivity (Wildman–Crippen MR) is 113 cm³/mol. The summed E-state index contributed by atoms with van der Waals surface area (Å²) >= 11 is 0. The van der Waals surface area contributed by atoms with Gasteiger partial charge in [-0.2, -0.15) is 5.10 Å². The van der Waals surface area contributed by atoms with Gasteiger partial charge in [0.05, 0.1) is 18.2 Å². The normalized spacial score (nSPS) is 11.0. The molecule has 6 heteroatoms. The first-order chi connectivity index (χ1) is 13.9. The summed E-state index contributed by atoms with van der Waals surface area (Å²) in [5.74, 6) is -1.12. The second-order valence-corrected chi connectivity index (χ2v) is 6.92. The Morgan fingerprint density at radius 3 is 2.45 bits per heavy atom. The average molecular weight is 389 g/mol. The molecule has 148 valence electrons. The number of rotatable bonds is 6. The molecule has 0 aliphatic heterocycles. The zero-order valence-corrected chi connectivity index (χ0v) is 16.6. The molecule has 1 heterocycles. The highest BCUT2D eigenvalue weighted by Gasteiger charge is 2.13. The first kappa shape index (κ1) is 20.1. The van der Waals surface area contributed by atoms with Crippen molar-refractivity contribution in [3.63, 3.8) is 0 Å². The topological polar surface area (TPSA) is 83.7 Å². The van der Waals surface area contributed by atoms with Gasteiger partial charge in [0, 0.05) is 22.6 Å². The van der Waals surface area contributed by atoms with Crippen LogP contribution in [0.2, 0.25) is 0 Å². The van der Waals surface area contributed by atoms with Crippen LogP contribution in [0.25, 0.3) is 5.69 Å². The molecule has 0 radical (unpaired) electrons. The van der Waals surface area contributed by atoms with Crippen LogP contribution >= 0.6 is 0 Å². The van der Waals surface area contributed by atoms with Crippen LogP contribution in [0.15, 0.2) is 59.7 Å². The lowest BCUT2D eigenvalue weighted by atomic mass is 10.1. The summed E-state index contributed by atoms with van der Waals surface area (Å²) in [5.41, 5.74) is 8.36. The zero-order chi connectivity index (χ0) is 21.0. The lowest BCUT2D eigenvalue weighted by molar-refractivity contribution is -0.120. The van der Waals surface area contributed by atoms with E-state index in [4.69, 9.17) is 5.11 Å². The summed E-state index contributed by atoms with van der Waals surface area (Å²) in [7, 11) is 0. The van der Waals surface area contributed by atoms with Crippen LogP contribution < -0.4 is 5.43 Å². The van der Waals surface area contributed by atoms with Crippen molar-refractivity contribution in [1.82, 2.24) is 9.99 Å². The van der Waals surface area contributed by atoms with E-state index in [9.17, 15) is 9.59 Å². The smallest absolute Gasteiger partial charge is 0.335 e. The maximum atomic E-state index is 12.0. The SMILES string of the molecule is Cc1cc(C(=O)O)ccc1-n1c(C)cc(C=NNC(=O)Cc2ccccc2)c1C. The van der Waals surface area contributed by atoms with E-state index < -0.39 is 5.97 Å². The maximum Gasteiger partial charge on any atom is 0.335 e. The Balaban J connectivity index is 1.76. The molecule has 0 unspecified atom stereocenters. The third kappa shape index (κ3) is 4.60. The highest BCUT2D eigenvalue weighted by molar-refractivity contribution is 5.88. The Hall–Kier alpha value is -3.67. The third-order valence-electron chi connectivity index (χ3n) is 4.76. The van der Waals surface area contributed by atoms with Gasteiger partial charge in [0.15, 0.2) is 0 Å². The quantitative estimate of drug-likeness (QED) is 0.497. The Kier molecular flexibility index (Phi) is 5.93. The maximum absolute atomic E-state index is 12.0. The Morgan fingerprint density at radius 1 is 1.07 bits per heavy atom. The van der Waals surface area contributed by atoms with Gasteiger partial charge in [-0.1, -0.05) is 30.3 Å². The average Bonchev–Trinajstić information content (AvgIpc) is 2.96. The van der Waals surface area contributed by atoms with Gasteiger partial charge in [0.2, 0.25) is 5.91 Å². The summed E-state index contributed by atoms with van der Waals surface area (Å²) < 4.78 is 2.05. The van der Waals surface area contributed by atoms with Crippen molar-refractivity contribution in [3.8, 4) is 5.69 Å². The van der Waals surface area contributed by atoms with Crippen LogP contribution in [-0.4, -0.2) is 27.8 Å². The molecule has 1 amide bonds. The number of carboxylic acids is 1. The van der Waals surface area contributed by atoms with Crippen LogP contribution in [0, 0.1) is 20.8 Å². The molecule has 2 aromatic carbocycles. The van der Waals surface area contributed by atoms with E-state index in [-0.39, 0.29) is 17.9 Å². The van der Waals surface area contributed by atoms with Crippen molar-refractivity contribution in [2.75, 3.05) is 0 Å². The van der Waals surface area contributed by atoms with Gasteiger partial charge in [-0.3, -0.25) is 4.79 Å². The minimum atomic E-state index is -0.945. The van der Waals surface area contributed by atoms with Gasteiger partial charge in [-0.15, -0.1) is 0 Å². The van der Waals surface area contributed by atoms with Crippen LogP contribution in [0.3, 0.4) is 0 Å². The van der Waals surface area contributed by atoms with Gasteiger partial charge in [0.1, 0.15) is 0 Å². The Bertz CT molecular complexity index is 1080. The highest BCUT2D eigenvalue weighted by atomic mass is 16.4. The number of amides is 1. The number of hydrogen-bond acceptors (Lipinski definition) is 3. The number of carbonyl (C=O) groups excluding carboxylic acids is 1. The van der Waals surface area contributed by atoms with E-state index in [1.165, 1.54) is 0 Å². The van der Waals surface area contributed by atoms with Crippen LogP contribution in [0.1, 0.15) is 38.4 Å². The number of nitrogens with one attached hydrogen (secondary N) is 1. The fourth-order valence-corrected chi connectivity index (χ4v) is 3.32. The van der Waals surface area contributed by atoms with E-state index in [0.29, 0.717) is 0 Å². The number of benzene rings is 2. The van der Waals surface area contributed by atoms with E-state index in [0.717, 1.165) is 33.8 Å². The summed E-state index contributed by atoms with van der Waals surface area (Å²) in [5, 5.41) is 13.3. The van der Waals surface area contributed by atoms with Gasteiger partial charge < -0.3 is 9.67 Å². The molecule has 0 aliphatic rings. The molecule has 1 aromatic heterocycles.